The first-order valence-corrected chi connectivity index (χ1v) is 6.42. The molecule has 88 valence electrons. The van der Waals surface area contributed by atoms with Crippen LogP contribution in [0.3, 0.4) is 0 Å². The number of aromatic nitrogens is 2. The smallest absolute Gasteiger partial charge is 0.148 e. The summed E-state index contributed by atoms with van der Waals surface area (Å²) in [5, 5.41) is 11.2. The molecule has 0 radical (unpaired) electrons. The van der Waals surface area contributed by atoms with Crippen LogP contribution in [0.4, 0.5) is 5.82 Å². The zero-order chi connectivity index (χ0) is 11.7. The average Bonchev–Trinajstić information content (AvgIpc) is 2.84. The Balaban J connectivity index is 1.57. The minimum Gasteiger partial charge on any atom is -0.344 e. The summed E-state index contributed by atoms with van der Waals surface area (Å²) in [6.45, 7) is 2.86. The lowest BCUT2D eigenvalue weighted by atomic mass is 10.2. The van der Waals surface area contributed by atoms with Gasteiger partial charge < -0.3 is 5.32 Å². The normalized spacial score (nSPS) is 17.8. The van der Waals surface area contributed by atoms with Gasteiger partial charge in [0.25, 0.3) is 0 Å². The van der Waals surface area contributed by atoms with E-state index in [-0.39, 0.29) is 5.50 Å². The van der Waals surface area contributed by atoms with Crippen molar-refractivity contribution in [1.29, 1.82) is 0 Å². The lowest BCUT2D eigenvalue weighted by Gasteiger charge is -2.11. The molecule has 2 aromatic rings. The molecule has 0 unspecified atom stereocenters. The SMILES string of the molecule is Cc1cc2n(n1)S[C@H](NCc1ccccc1)N2. The van der Waals surface area contributed by atoms with Crippen LogP contribution in [0.5, 0.6) is 0 Å². The Hall–Kier alpha value is -1.46. The molecule has 1 aromatic carbocycles. The van der Waals surface area contributed by atoms with Crippen LogP contribution in [0.25, 0.3) is 0 Å². The van der Waals surface area contributed by atoms with Crippen molar-refractivity contribution in [3.63, 3.8) is 0 Å². The monoisotopic (exact) mass is 246 g/mol. The lowest BCUT2D eigenvalue weighted by molar-refractivity contribution is 0.702. The summed E-state index contributed by atoms with van der Waals surface area (Å²) >= 11 is 1.66. The van der Waals surface area contributed by atoms with E-state index >= 15 is 0 Å². The van der Waals surface area contributed by atoms with Gasteiger partial charge in [-0.05, 0) is 12.5 Å². The van der Waals surface area contributed by atoms with Gasteiger partial charge >= 0.3 is 0 Å². The molecule has 5 heteroatoms. The number of rotatable bonds is 3. The topological polar surface area (TPSA) is 41.9 Å². The van der Waals surface area contributed by atoms with Crippen LogP contribution in [-0.4, -0.2) is 14.7 Å². The predicted octanol–water partition coefficient (Wildman–Crippen LogP) is 2.19. The molecule has 0 fully saturated rings. The van der Waals surface area contributed by atoms with Gasteiger partial charge in [-0.3, -0.25) is 5.32 Å². The molecule has 2 heterocycles. The summed E-state index contributed by atoms with van der Waals surface area (Å²) in [5.74, 6) is 1.07. The number of hydrogen-bond donors (Lipinski definition) is 2. The Labute approximate surface area is 105 Å². The average molecular weight is 246 g/mol. The second kappa shape index (κ2) is 4.43. The van der Waals surface area contributed by atoms with E-state index in [0.29, 0.717) is 0 Å². The Bertz CT molecular complexity index is 485. The third kappa shape index (κ3) is 2.30. The molecule has 0 saturated carbocycles. The number of fused-ring (bicyclic) bond motifs is 1. The fraction of sp³-hybridized carbons (Fsp3) is 0.250. The van der Waals surface area contributed by atoms with Crippen molar-refractivity contribution in [3.8, 4) is 0 Å². The standard InChI is InChI=1S/C12H14N4S/c1-9-7-11-14-12(17-16(11)15-9)13-8-10-5-3-2-4-6-10/h2-7,12-14H,8H2,1H3/t12-/m1/s1. The molecule has 1 atom stereocenters. The van der Waals surface area contributed by atoms with Crippen LogP contribution in [0.2, 0.25) is 0 Å². The van der Waals surface area contributed by atoms with E-state index in [1.165, 1.54) is 5.56 Å². The molecule has 3 rings (SSSR count). The maximum Gasteiger partial charge on any atom is 0.148 e. The van der Waals surface area contributed by atoms with Crippen molar-refractivity contribution >= 4 is 17.8 Å². The first-order valence-electron chi connectivity index (χ1n) is 5.59. The number of aryl methyl sites for hydroxylation is 1. The number of hydrogen-bond acceptors (Lipinski definition) is 4. The maximum atomic E-state index is 4.37. The Morgan fingerprint density at radius 3 is 3.00 bits per heavy atom. The van der Waals surface area contributed by atoms with Crippen molar-refractivity contribution in [1.82, 2.24) is 14.5 Å². The van der Waals surface area contributed by atoms with Gasteiger partial charge in [-0.25, -0.2) is 0 Å². The molecule has 1 aliphatic heterocycles. The van der Waals surface area contributed by atoms with Crippen LogP contribution in [0, 0.1) is 6.92 Å². The lowest BCUT2D eigenvalue weighted by Crippen LogP contribution is -2.30. The van der Waals surface area contributed by atoms with Crippen LogP contribution >= 0.6 is 11.9 Å². The van der Waals surface area contributed by atoms with Gasteiger partial charge in [-0.15, -0.1) is 0 Å². The number of nitrogens with zero attached hydrogens (tertiary/aromatic N) is 2. The van der Waals surface area contributed by atoms with E-state index in [9.17, 15) is 0 Å². The minimum absolute atomic E-state index is 0.193. The molecule has 1 aromatic heterocycles. The molecule has 2 N–H and O–H groups in total. The highest BCUT2D eigenvalue weighted by atomic mass is 32.2. The first-order chi connectivity index (χ1) is 8.31. The van der Waals surface area contributed by atoms with Gasteiger partial charge in [0, 0.05) is 24.6 Å². The predicted molar refractivity (Wildman–Crippen MR) is 70.6 cm³/mol. The maximum absolute atomic E-state index is 4.37. The van der Waals surface area contributed by atoms with E-state index in [0.717, 1.165) is 18.1 Å². The third-order valence-corrected chi connectivity index (χ3v) is 3.59. The van der Waals surface area contributed by atoms with E-state index in [1.54, 1.807) is 11.9 Å². The second-order valence-electron chi connectivity index (χ2n) is 4.04. The van der Waals surface area contributed by atoms with Gasteiger partial charge in [0.1, 0.15) is 11.3 Å². The Morgan fingerprint density at radius 2 is 2.24 bits per heavy atom. The molecular weight excluding hydrogens is 232 g/mol. The summed E-state index contributed by atoms with van der Waals surface area (Å²) in [6, 6.07) is 12.4. The van der Waals surface area contributed by atoms with Crippen LogP contribution in [-0.2, 0) is 6.54 Å². The molecule has 1 aliphatic rings. The highest BCUT2D eigenvalue weighted by Gasteiger charge is 2.22. The summed E-state index contributed by atoms with van der Waals surface area (Å²) in [7, 11) is 0. The highest BCUT2D eigenvalue weighted by Crippen LogP contribution is 2.28. The van der Waals surface area contributed by atoms with E-state index < -0.39 is 0 Å². The molecule has 0 amide bonds. The molecular formula is C12H14N4S. The summed E-state index contributed by atoms with van der Waals surface area (Å²) in [5.41, 5.74) is 2.52. The van der Waals surface area contributed by atoms with E-state index in [4.69, 9.17) is 0 Å². The highest BCUT2D eigenvalue weighted by molar-refractivity contribution is 7.98. The Kier molecular flexibility index (Phi) is 2.78. The molecule has 0 saturated heterocycles. The van der Waals surface area contributed by atoms with Crippen molar-refractivity contribution in [3.05, 3.63) is 47.7 Å². The molecule has 0 spiro atoms. The van der Waals surface area contributed by atoms with Gasteiger partial charge in [0.05, 0.1) is 5.69 Å². The number of anilines is 1. The van der Waals surface area contributed by atoms with Crippen LogP contribution < -0.4 is 10.6 Å². The quantitative estimate of drug-likeness (QED) is 0.871. The zero-order valence-electron chi connectivity index (χ0n) is 9.55. The molecule has 0 bridgehead atoms. The van der Waals surface area contributed by atoms with E-state index in [2.05, 4.69) is 46.1 Å². The summed E-state index contributed by atoms with van der Waals surface area (Å²) < 4.78 is 1.93. The van der Waals surface area contributed by atoms with Crippen molar-refractivity contribution in [2.75, 3.05) is 5.32 Å². The molecule has 17 heavy (non-hydrogen) atoms. The summed E-state index contributed by atoms with van der Waals surface area (Å²) in [4.78, 5) is 0. The van der Waals surface area contributed by atoms with Crippen molar-refractivity contribution < 1.29 is 0 Å². The first kappa shape index (κ1) is 10.7. The van der Waals surface area contributed by atoms with Gasteiger partial charge in [0.2, 0.25) is 0 Å². The van der Waals surface area contributed by atoms with Gasteiger partial charge in [0.15, 0.2) is 0 Å². The second-order valence-corrected chi connectivity index (χ2v) is 5.07. The van der Waals surface area contributed by atoms with Crippen molar-refractivity contribution in [2.24, 2.45) is 0 Å². The van der Waals surface area contributed by atoms with Crippen LogP contribution in [0.1, 0.15) is 11.3 Å². The fourth-order valence-electron chi connectivity index (χ4n) is 1.81. The summed E-state index contributed by atoms with van der Waals surface area (Å²) in [6.07, 6.45) is 0. The van der Waals surface area contributed by atoms with Crippen LogP contribution in [0.15, 0.2) is 36.4 Å². The van der Waals surface area contributed by atoms with Gasteiger partial charge in [-0.2, -0.15) is 9.19 Å². The minimum atomic E-state index is 0.193. The number of benzene rings is 1. The molecule has 4 nitrogen and oxygen atoms in total. The largest absolute Gasteiger partial charge is 0.344 e. The molecule has 0 aliphatic carbocycles. The third-order valence-electron chi connectivity index (χ3n) is 2.62. The zero-order valence-corrected chi connectivity index (χ0v) is 10.4. The Morgan fingerprint density at radius 1 is 1.41 bits per heavy atom. The van der Waals surface area contributed by atoms with E-state index in [1.807, 2.05) is 17.1 Å². The van der Waals surface area contributed by atoms with Crippen molar-refractivity contribution in [2.45, 2.75) is 19.0 Å². The fourth-order valence-corrected chi connectivity index (χ4v) is 2.74. The number of nitrogens with one attached hydrogen (secondary N) is 2. The van der Waals surface area contributed by atoms with Gasteiger partial charge in [-0.1, -0.05) is 30.3 Å².